The average molecular weight is 855 g/mol. The van der Waals surface area contributed by atoms with Crippen molar-refractivity contribution in [1.29, 1.82) is 15.8 Å². The van der Waals surface area contributed by atoms with Gasteiger partial charge in [-0.3, -0.25) is 0 Å². The normalized spacial score (nSPS) is 11.2. The number of hydrogen-bond acceptors (Lipinski definition) is 3. The van der Waals surface area contributed by atoms with Crippen LogP contribution in [-0.2, 0) is 6.18 Å². The van der Waals surface area contributed by atoms with Gasteiger partial charge in [0.15, 0.2) is 17.1 Å². The lowest BCUT2D eigenvalue weighted by Crippen LogP contribution is -2.06. The SMILES string of the molecule is [C-]#[N+]c1ccc(-c2ccc3c4ccccc4n(-c4cc([N+]#[C-])c(-c5ccc(C(F)(F)F)cc5C#N)cc4-n4c5ccccc5c5ccc(-c6ccc(C#N)cc6[N+]#[C-])cc54)c3c2)c(C#N)c1. The fourth-order valence-corrected chi connectivity index (χ4v) is 8.96. The quantitative estimate of drug-likeness (QED) is 0.161. The molecule has 10 aromatic rings. The number of halogens is 3. The molecule has 8 nitrogen and oxygen atoms in total. The second kappa shape index (κ2) is 15.5. The van der Waals surface area contributed by atoms with Crippen LogP contribution in [0.15, 0.2) is 152 Å². The van der Waals surface area contributed by atoms with Crippen molar-refractivity contribution in [1.82, 2.24) is 9.13 Å². The van der Waals surface area contributed by atoms with Crippen LogP contribution in [0.1, 0.15) is 22.3 Å². The van der Waals surface area contributed by atoms with E-state index >= 15 is 0 Å². The van der Waals surface area contributed by atoms with Gasteiger partial charge in [-0.05, 0) is 100 Å². The first kappa shape index (κ1) is 40.2. The number of nitrogens with zero attached hydrogens (tertiary/aromatic N) is 8. The first-order valence-corrected chi connectivity index (χ1v) is 20.2. The Labute approximate surface area is 374 Å². The minimum absolute atomic E-state index is 0.0781. The zero-order chi connectivity index (χ0) is 45.9. The number of fused-ring (bicyclic) bond motifs is 6. The summed E-state index contributed by atoms with van der Waals surface area (Å²) >= 11 is 0. The molecule has 8 aromatic carbocycles. The minimum atomic E-state index is -4.72. The molecule has 0 atom stereocenters. The summed E-state index contributed by atoms with van der Waals surface area (Å²) in [6, 6.07) is 49.8. The zero-order valence-corrected chi connectivity index (χ0v) is 34.1. The summed E-state index contributed by atoms with van der Waals surface area (Å²) in [5.41, 5.74) is 7.06. The van der Waals surface area contributed by atoms with Crippen molar-refractivity contribution < 1.29 is 13.2 Å². The van der Waals surface area contributed by atoms with E-state index in [1.807, 2.05) is 100 Å². The first-order valence-electron chi connectivity index (χ1n) is 20.2. The van der Waals surface area contributed by atoms with Gasteiger partial charge in [0.05, 0.1) is 82.5 Å². The van der Waals surface area contributed by atoms with E-state index in [0.29, 0.717) is 61.5 Å². The van der Waals surface area contributed by atoms with Crippen LogP contribution in [0.4, 0.5) is 30.2 Å². The van der Waals surface area contributed by atoms with Crippen LogP contribution in [0.5, 0.6) is 0 Å². The molecule has 11 heteroatoms. The van der Waals surface area contributed by atoms with Gasteiger partial charge in [0.25, 0.3) is 0 Å². The maximum atomic E-state index is 14.0. The first-order chi connectivity index (χ1) is 32.1. The van der Waals surface area contributed by atoms with Crippen molar-refractivity contribution >= 4 is 60.7 Å². The molecule has 0 amide bonds. The summed E-state index contributed by atoms with van der Waals surface area (Å²) in [5, 5.41) is 33.6. The average Bonchev–Trinajstić information content (AvgIpc) is 3.86. The highest BCUT2D eigenvalue weighted by atomic mass is 19.4. The predicted octanol–water partition coefficient (Wildman–Crippen LogP) is 15.2. The van der Waals surface area contributed by atoms with E-state index in [4.69, 9.17) is 19.7 Å². The third-order valence-electron chi connectivity index (χ3n) is 11.9. The largest absolute Gasteiger partial charge is 0.416 e. The van der Waals surface area contributed by atoms with Crippen LogP contribution in [0.3, 0.4) is 0 Å². The van der Waals surface area contributed by atoms with Crippen LogP contribution < -0.4 is 0 Å². The molecule has 0 aliphatic carbocycles. The summed E-state index contributed by atoms with van der Waals surface area (Å²) in [6.45, 7) is 24.0. The van der Waals surface area contributed by atoms with Gasteiger partial charge in [-0.25, -0.2) is 14.5 Å². The molecule has 0 unspecified atom stereocenters. The molecule has 0 bridgehead atoms. The topological polar surface area (TPSA) is 94.3 Å². The Morgan fingerprint density at radius 1 is 0.439 bits per heavy atom. The smallest absolute Gasteiger partial charge is 0.308 e. The van der Waals surface area contributed by atoms with E-state index in [9.17, 15) is 29.0 Å². The third kappa shape index (κ3) is 6.34. The molecular weight excluding hydrogens is 830 g/mol. The highest BCUT2D eigenvalue weighted by molar-refractivity contribution is 6.13. The number of hydrogen-bond donors (Lipinski definition) is 0. The summed E-state index contributed by atoms with van der Waals surface area (Å²) in [4.78, 5) is 11.2. The summed E-state index contributed by atoms with van der Waals surface area (Å²) < 4.78 is 46.1. The molecule has 0 aliphatic heterocycles. The molecule has 0 N–H and O–H groups in total. The number of alkyl halides is 3. The van der Waals surface area contributed by atoms with E-state index in [2.05, 4.69) is 26.7 Å². The van der Waals surface area contributed by atoms with Gasteiger partial charge in [-0.2, -0.15) is 29.0 Å². The van der Waals surface area contributed by atoms with Crippen molar-refractivity contribution in [3.05, 3.63) is 208 Å². The molecule has 66 heavy (non-hydrogen) atoms. The van der Waals surface area contributed by atoms with Gasteiger partial charge >= 0.3 is 6.18 Å². The van der Waals surface area contributed by atoms with Crippen LogP contribution in [0.2, 0.25) is 0 Å². The lowest BCUT2D eigenvalue weighted by Gasteiger charge is -2.20. The number of para-hydroxylation sites is 2. The van der Waals surface area contributed by atoms with Crippen LogP contribution in [-0.4, -0.2) is 9.13 Å². The summed E-state index contributed by atoms with van der Waals surface area (Å²) in [6.07, 6.45) is -4.72. The molecule has 0 spiro atoms. The minimum Gasteiger partial charge on any atom is -0.308 e. The molecule has 0 fully saturated rings. The highest BCUT2D eigenvalue weighted by Gasteiger charge is 2.32. The molecule has 0 radical (unpaired) electrons. The van der Waals surface area contributed by atoms with Crippen molar-refractivity contribution in [2.24, 2.45) is 0 Å². The monoisotopic (exact) mass is 854 g/mol. The van der Waals surface area contributed by atoms with Crippen LogP contribution >= 0.6 is 0 Å². The summed E-state index contributed by atoms with van der Waals surface area (Å²) in [7, 11) is 0. The fourth-order valence-electron chi connectivity index (χ4n) is 8.96. The maximum Gasteiger partial charge on any atom is 0.416 e. The Hall–Kier alpha value is -9.91. The van der Waals surface area contributed by atoms with Gasteiger partial charge in [-0.1, -0.05) is 84.9 Å². The summed E-state index contributed by atoms with van der Waals surface area (Å²) in [5.74, 6) is 0. The molecule has 0 saturated carbocycles. The Bertz CT molecular complexity index is 4020. The van der Waals surface area contributed by atoms with E-state index < -0.39 is 11.7 Å². The third-order valence-corrected chi connectivity index (χ3v) is 11.9. The highest BCUT2D eigenvalue weighted by Crippen LogP contribution is 2.46. The van der Waals surface area contributed by atoms with Gasteiger partial charge in [0, 0.05) is 32.7 Å². The lowest BCUT2D eigenvalue weighted by atomic mass is 9.95. The van der Waals surface area contributed by atoms with E-state index in [-0.39, 0.29) is 28.1 Å². The van der Waals surface area contributed by atoms with Crippen molar-refractivity contribution in [3.63, 3.8) is 0 Å². The number of rotatable bonds is 5. The van der Waals surface area contributed by atoms with Crippen molar-refractivity contribution in [3.8, 4) is 63.0 Å². The van der Waals surface area contributed by atoms with Crippen molar-refractivity contribution in [2.45, 2.75) is 6.18 Å². The Balaban J connectivity index is 1.36. The Morgan fingerprint density at radius 3 is 1.55 bits per heavy atom. The second-order valence-corrected chi connectivity index (χ2v) is 15.4. The Morgan fingerprint density at radius 2 is 0.970 bits per heavy atom. The molecule has 2 heterocycles. The van der Waals surface area contributed by atoms with Gasteiger partial charge in [0.2, 0.25) is 0 Å². The lowest BCUT2D eigenvalue weighted by molar-refractivity contribution is -0.137. The number of nitriles is 3. The zero-order valence-electron chi connectivity index (χ0n) is 34.1. The molecule has 0 saturated heterocycles. The molecular formula is C55H25F3N8. The molecule has 10 rings (SSSR count). The Kier molecular flexibility index (Phi) is 9.41. The number of benzene rings is 8. The van der Waals surface area contributed by atoms with Crippen molar-refractivity contribution in [2.75, 3.05) is 0 Å². The fraction of sp³-hybridized carbons (Fsp3) is 0.0182. The van der Waals surface area contributed by atoms with Gasteiger partial charge in [-0.15, -0.1) is 0 Å². The molecule has 2 aromatic heterocycles. The molecule has 0 aliphatic rings. The van der Waals surface area contributed by atoms with E-state index in [0.717, 1.165) is 44.7 Å². The maximum absolute atomic E-state index is 14.0. The van der Waals surface area contributed by atoms with Gasteiger partial charge < -0.3 is 9.13 Å². The molecule has 306 valence electrons. The number of aromatic nitrogens is 2. The standard InChI is InChI=1S/C55H25F3N8/c1-62-38-16-21-39(36(24-38)31-61)33-13-18-44-43-9-5-7-11-50(43)66(51(44)25-33)54-28-48(64-3)46(40-20-15-37(55(56,57)58)23-35(40)30-60)27-53(54)65-49-10-6-4-8-42(49)45-19-14-34(26-52(45)65)41-17-12-32(29-59)22-47(41)63-2/h4-28H. The second-order valence-electron chi connectivity index (χ2n) is 15.4. The van der Waals surface area contributed by atoms with Gasteiger partial charge in [0.1, 0.15) is 0 Å². The van der Waals surface area contributed by atoms with E-state index in [1.54, 1.807) is 48.5 Å². The predicted molar refractivity (Wildman–Crippen MR) is 249 cm³/mol. The van der Waals surface area contributed by atoms with Crippen LogP contribution in [0.25, 0.3) is 103 Å². The van der Waals surface area contributed by atoms with E-state index in [1.165, 1.54) is 6.07 Å². The van der Waals surface area contributed by atoms with Crippen LogP contribution in [0, 0.1) is 53.7 Å².